The number of imidazole rings is 1. The predicted octanol–water partition coefficient (Wildman–Crippen LogP) is 3.26. The number of nitrogens with two attached hydrogens (primary N) is 1. The van der Waals surface area contributed by atoms with Gasteiger partial charge in [-0.1, -0.05) is 23.8 Å². The monoisotopic (exact) mass is 405 g/mol. The number of benzene rings is 2. The lowest BCUT2D eigenvalue weighted by Gasteiger charge is -2.33. The summed E-state index contributed by atoms with van der Waals surface area (Å²) in [4.78, 5) is 23.2. The summed E-state index contributed by atoms with van der Waals surface area (Å²) in [6.45, 7) is 2.88. The van der Waals surface area contributed by atoms with Gasteiger partial charge in [-0.05, 0) is 24.1 Å². The van der Waals surface area contributed by atoms with Crippen LogP contribution in [0.5, 0.6) is 0 Å². The number of ether oxygens (including phenoxy) is 1. The Hall–Kier alpha value is -3.52. The molecule has 3 heterocycles. The Morgan fingerprint density at radius 1 is 1.30 bits per heavy atom. The molecule has 4 aromatic rings. The van der Waals surface area contributed by atoms with Gasteiger partial charge in [-0.25, -0.2) is 14.4 Å². The minimum absolute atomic E-state index is 0.0363. The molecule has 5 rings (SSSR count). The van der Waals surface area contributed by atoms with Gasteiger partial charge in [0.05, 0.1) is 48.4 Å². The molecule has 2 aromatic carbocycles. The van der Waals surface area contributed by atoms with Crippen LogP contribution in [0.3, 0.4) is 0 Å². The molecule has 30 heavy (non-hydrogen) atoms. The maximum atomic E-state index is 14.9. The van der Waals surface area contributed by atoms with Crippen molar-refractivity contribution in [3.05, 3.63) is 70.9 Å². The van der Waals surface area contributed by atoms with Crippen molar-refractivity contribution in [3.8, 4) is 0 Å². The van der Waals surface area contributed by atoms with Gasteiger partial charge in [0, 0.05) is 13.1 Å². The molecule has 0 bridgehead atoms. The first-order valence-electron chi connectivity index (χ1n) is 9.59. The zero-order valence-corrected chi connectivity index (χ0v) is 16.6. The van der Waals surface area contributed by atoms with Crippen LogP contribution in [0.25, 0.3) is 16.6 Å². The standard InChI is InChI=1S/C22H20FN5O2/c1-12-3-4-14-13(5-12)9-30-10-20(14)27(2)22(29)15-6-18-17(7-16(15)23)26-21(24)19-8-25-11-28(18)19/h3-8,11,20H,9-10H2,1-2H3,(H2,24,26). The van der Waals surface area contributed by atoms with Crippen molar-refractivity contribution in [1.29, 1.82) is 0 Å². The summed E-state index contributed by atoms with van der Waals surface area (Å²) in [5.74, 6) is -0.824. The molecule has 0 aliphatic carbocycles. The summed E-state index contributed by atoms with van der Waals surface area (Å²) in [5.41, 5.74) is 10.6. The normalized spacial score (nSPS) is 16.0. The average Bonchev–Trinajstić information content (AvgIpc) is 3.22. The topological polar surface area (TPSA) is 85.8 Å². The molecule has 1 unspecified atom stereocenters. The van der Waals surface area contributed by atoms with E-state index in [1.54, 1.807) is 24.0 Å². The summed E-state index contributed by atoms with van der Waals surface area (Å²) in [5, 5.41) is 0. The Morgan fingerprint density at radius 3 is 2.97 bits per heavy atom. The highest BCUT2D eigenvalue weighted by molar-refractivity contribution is 5.98. The van der Waals surface area contributed by atoms with Crippen LogP contribution < -0.4 is 5.73 Å². The summed E-state index contributed by atoms with van der Waals surface area (Å²) < 4.78 is 22.3. The molecule has 7 nitrogen and oxygen atoms in total. The molecule has 1 aliphatic heterocycles. The van der Waals surface area contributed by atoms with Crippen LogP contribution in [0.1, 0.15) is 33.1 Å². The number of carbonyl (C=O) groups excluding carboxylic acids is 1. The molecule has 2 aromatic heterocycles. The van der Waals surface area contributed by atoms with Gasteiger partial charge in [-0.2, -0.15) is 0 Å². The SMILES string of the molecule is Cc1ccc2c(c1)COCC2N(C)C(=O)c1cc2c(cc1F)nc(N)c1cncn12. The number of rotatable bonds is 2. The first-order chi connectivity index (χ1) is 14.4. The quantitative estimate of drug-likeness (QED) is 0.553. The maximum Gasteiger partial charge on any atom is 0.257 e. The number of likely N-dealkylation sites (N-methyl/N-ethyl adjacent to an activating group) is 1. The summed E-state index contributed by atoms with van der Waals surface area (Å²) in [7, 11) is 1.67. The Kier molecular flexibility index (Phi) is 4.18. The van der Waals surface area contributed by atoms with Gasteiger partial charge in [0.2, 0.25) is 0 Å². The van der Waals surface area contributed by atoms with E-state index in [9.17, 15) is 9.18 Å². The second kappa shape index (κ2) is 6.77. The van der Waals surface area contributed by atoms with Crippen molar-refractivity contribution in [2.24, 2.45) is 0 Å². The average molecular weight is 405 g/mol. The fourth-order valence-corrected chi connectivity index (χ4v) is 4.07. The van der Waals surface area contributed by atoms with E-state index in [1.807, 2.05) is 19.1 Å². The van der Waals surface area contributed by atoms with Crippen LogP contribution in [-0.2, 0) is 11.3 Å². The highest BCUT2D eigenvalue weighted by Crippen LogP contribution is 2.31. The predicted molar refractivity (Wildman–Crippen MR) is 111 cm³/mol. The van der Waals surface area contributed by atoms with Crippen LogP contribution in [-0.4, -0.2) is 38.8 Å². The zero-order chi connectivity index (χ0) is 21.0. The smallest absolute Gasteiger partial charge is 0.257 e. The second-order valence-electron chi connectivity index (χ2n) is 7.62. The van der Waals surface area contributed by atoms with E-state index in [1.165, 1.54) is 17.0 Å². The van der Waals surface area contributed by atoms with Gasteiger partial charge in [0.1, 0.15) is 17.2 Å². The number of fused-ring (bicyclic) bond motifs is 4. The molecule has 0 radical (unpaired) electrons. The number of aryl methyl sites for hydroxylation is 1. The molecule has 8 heteroatoms. The number of amides is 1. The molecule has 1 atom stereocenters. The molecule has 0 saturated heterocycles. The van der Waals surface area contributed by atoms with Gasteiger partial charge in [-0.15, -0.1) is 0 Å². The van der Waals surface area contributed by atoms with Crippen molar-refractivity contribution in [1.82, 2.24) is 19.3 Å². The van der Waals surface area contributed by atoms with Gasteiger partial charge >= 0.3 is 0 Å². The number of halogens is 1. The van der Waals surface area contributed by atoms with Crippen molar-refractivity contribution < 1.29 is 13.9 Å². The van der Waals surface area contributed by atoms with Crippen LogP contribution in [0, 0.1) is 12.7 Å². The molecular formula is C22H20FN5O2. The largest absolute Gasteiger partial charge is 0.382 e. The molecule has 1 amide bonds. The molecule has 0 saturated carbocycles. The van der Waals surface area contributed by atoms with E-state index in [-0.39, 0.29) is 17.4 Å². The zero-order valence-electron chi connectivity index (χ0n) is 16.6. The number of aromatic nitrogens is 3. The third-order valence-electron chi connectivity index (χ3n) is 5.67. The lowest BCUT2D eigenvalue weighted by Crippen LogP contribution is -2.36. The second-order valence-corrected chi connectivity index (χ2v) is 7.62. The van der Waals surface area contributed by atoms with E-state index in [4.69, 9.17) is 10.5 Å². The summed E-state index contributed by atoms with van der Waals surface area (Å²) in [6, 6.07) is 8.53. The van der Waals surface area contributed by atoms with Gasteiger partial charge in [0.15, 0.2) is 0 Å². The highest BCUT2D eigenvalue weighted by Gasteiger charge is 2.29. The Balaban J connectivity index is 1.58. The number of nitrogens with zero attached hydrogens (tertiary/aromatic N) is 4. The summed E-state index contributed by atoms with van der Waals surface area (Å²) in [6.07, 6.45) is 3.15. The van der Waals surface area contributed by atoms with Gasteiger partial charge in [-0.3, -0.25) is 9.20 Å². The highest BCUT2D eigenvalue weighted by atomic mass is 19.1. The molecule has 0 spiro atoms. The van der Waals surface area contributed by atoms with Crippen molar-refractivity contribution in [2.75, 3.05) is 19.4 Å². The minimum atomic E-state index is -0.647. The van der Waals surface area contributed by atoms with E-state index < -0.39 is 11.7 Å². The van der Waals surface area contributed by atoms with Crippen molar-refractivity contribution in [2.45, 2.75) is 19.6 Å². The maximum absolute atomic E-state index is 14.9. The number of hydrogen-bond acceptors (Lipinski definition) is 5. The molecule has 1 aliphatic rings. The van der Waals surface area contributed by atoms with Crippen LogP contribution in [0.2, 0.25) is 0 Å². The third kappa shape index (κ3) is 2.80. The molecule has 0 fully saturated rings. The molecule has 2 N–H and O–H groups in total. The van der Waals surface area contributed by atoms with Gasteiger partial charge < -0.3 is 15.4 Å². The van der Waals surface area contributed by atoms with Gasteiger partial charge in [0.25, 0.3) is 5.91 Å². The number of anilines is 1. The number of nitrogen functional groups attached to an aromatic ring is 1. The Morgan fingerprint density at radius 2 is 2.13 bits per heavy atom. The molecular weight excluding hydrogens is 385 g/mol. The van der Waals surface area contributed by atoms with Crippen molar-refractivity contribution >= 4 is 28.3 Å². The lowest BCUT2D eigenvalue weighted by atomic mass is 9.95. The first-order valence-corrected chi connectivity index (χ1v) is 9.59. The van der Waals surface area contributed by atoms with E-state index >= 15 is 0 Å². The summed E-state index contributed by atoms with van der Waals surface area (Å²) >= 11 is 0. The lowest BCUT2D eigenvalue weighted by molar-refractivity contribution is 0.0343. The third-order valence-corrected chi connectivity index (χ3v) is 5.67. The first kappa shape index (κ1) is 18.5. The van der Waals surface area contributed by atoms with Crippen LogP contribution in [0.15, 0.2) is 42.9 Å². The van der Waals surface area contributed by atoms with Crippen LogP contribution >= 0.6 is 0 Å². The Bertz CT molecular complexity index is 1320. The fourth-order valence-electron chi connectivity index (χ4n) is 4.07. The fraction of sp³-hybridized carbons (Fsp3) is 0.227. The molecule has 152 valence electrons. The van der Waals surface area contributed by atoms with Crippen LogP contribution in [0.4, 0.5) is 10.2 Å². The van der Waals surface area contributed by atoms with E-state index in [0.29, 0.717) is 29.8 Å². The van der Waals surface area contributed by atoms with E-state index in [0.717, 1.165) is 16.7 Å². The minimum Gasteiger partial charge on any atom is -0.382 e. The number of hydrogen-bond donors (Lipinski definition) is 1. The Labute approximate surface area is 171 Å². The number of carbonyl (C=O) groups is 1. The van der Waals surface area contributed by atoms with E-state index in [2.05, 4.69) is 16.0 Å². The van der Waals surface area contributed by atoms with Crippen molar-refractivity contribution in [3.63, 3.8) is 0 Å².